The number of aromatic nitrogens is 4. The van der Waals surface area contributed by atoms with Crippen LogP contribution < -0.4 is 14.5 Å². The molecule has 5 aromatic carbocycles. The van der Waals surface area contributed by atoms with E-state index in [2.05, 4.69) is 104 Å². The molecule has 0 atom stereocenters. The molecular weight excluding hydrogens is 565 g/mol. The number of imidazole rings is 2. The van der Waals surface area contributed by atoms with Gasteiger partial charge >= 0.3 is 0 Å². The summed E-state index contributed by atoms with van der Waals surface area (Å²) in [5.74, 6) is 1.61. The van der Waals surface area contributed by atoms with E-state index in [9.17, 15) is 0 Å². The molecule has 0 unspecified atom stereocenters. The van der Waals surface area contributed by atoms with Crippen molar-refractivity contribution in [2.24, 2.45) is 0 Å². The molecule has 2 aliphatic heterocycles. The molecule has 0 fully saturated rings. The van der Waals surface area contributed by atoms with E-state index in [1.807, 2.05) is 60.8 Å². The lowest BCUT2D eigenvalue weighted by Crippen LogP contribution is -2.19. The van der Waals surface area contributed by atoms with Gasteiger partial charge in [-0.25, -0.2) is 9.97 Å². The summed E-state index contributed by atoms with van der Waals surface area (Å²) in [6.45, 7) is 0. The number of hydrogen-bond donors (Lipinski definition) is 0. The summed E-state index contributed by atoms with van der Waals surface area (Å²) in [7, 11) is 0. The van der Waals surface area contributed by atoms with E-state index < -0.39 is 0 Å². The number of hydrogen-bond acceptors (Lipinski definition) is 6. The molecule has 5 heterocycles. The van der Waals surface area contributed by atoms with Gasteiger partial charge in [-0.1, -0.05) is 60.3 Å². The quantitative estimate of drug-likeness (QED) is 0.201. The van der Waals surface area contributed by atoms with Gasteiger partial charge in [0, 0.05) is 34.6 Å². The fourth-order valence-electron chi connectivity index (χ4n) is 6.58. The van der Waals surface area contributed by atoms with E-state index in [1.54, 1.807) is 0 Å². The molecule has 0 radical (unpaired) electrons. The largest absolute Gasteiger partial charge is 0.453 e. The Morgan fingerprint density at radius 1 is 0.523 bits per heavy atom. The third-order valence-electron chi connectivity index (χ3n) is 8.40. The summed E-state index contributed by atoms with van der Waals surface area (Å²) in [6, 6.07) is 38.2. The molecule has 8 heteroatoms. The van der Waals surface area contributed by atoms with Crippen molar-refractivity contribution in [2.45, 2.75) is 9.79 Å². The molecule has 0 bridgehead atoms. The number of anilines is 6. The lowest BCUT2D eigenvalue weighted by Gasteiger charge is -2.36. The van der Waals surface area contributed by atoms with Crippen LogP contribution in [0.25, 0.3) is 22.3 Å². The van der Waals surface area contributed by atoms with Crippen molar-refractivity contribution in [3.63, 3.8) is 0 Å². The summed E-state index contributed by atoms with van der Waals surface area (Å²) in [6.07, 6.45) is 7.74. The molecule has 0 saturated carbocycles. The maximum Gasteiger partial charge on any atom is 0.181 e. The standard InChI is InChI=1S/C36H22N6OS/c1-5-13-30-24(9-1)42(25-10-2-6-14-31(25)43-30)29-22-23(21-28-34(29)40-20-18-38-36(40)35-37-17-19-39(28)35)41-26-11-3-7-15-32(26)44-33-16-8-4-12-27(33)41/h1-22H. The Hall–Kier alpha value is -5.73. The molecular formula is C36H22N6OS. The second-order valence-corrected chi connectivity index (χ2v) is 11.9. The van der Waals surface area contributed by atoms with E-state index in [1.165, 1.54) is 9.79 Å². The van der Waals surface area contributed by atoms with Crippen LogP contribution in [0.2, 0.25) is 0 Å². The van der Waals surface area contributed by atoms with Gasteiger partial charge in [-0.3, -0.25) is 8.80 Å². The number of fused-ring (bicyclic) bond motifs is 10. The first-order valence-corrected chi connectivity index (χ1v) is 15.2. The molecule has 0 spiro atoms. The van der Waals surface area contributed by atoms with Crippen molar-refractivity contribution >= 4 is 68.2 Å². The van der Waals surface area contributed by atoms with Crippen molar-refractivity contribution in [3.05, 3.63) is 134 Å². The van der Waals surface area contributed by atoms with Crippen molar-refractivity contribution in [2.75, 3.05) is 9.80 Å². The summed E-state index contributed by atoms with van der Waals surface area (Å²) in [5, 5.41) is 0. The summed E-state index contributed by atoms with van der Waals surface area (Å²) in [4.78, 5) is 16.6. The van der Waals surface area contributed by atoms with Crippen LogP contribution in [0.4, 0.5) is 34.1 Å². The van der Waals surface area contributed by atoms with Crippen LogP contribution in [0.5, 0.6) is 11.5 Å². The first-order valence-electron chi connectivity index (χ1n) is 14.4. The van der Waals surface area contributed by atoms with E-state index in [4.69, 9.17) is 14.7 Å². The molecule has 8 aromatic rings. The molecule has 10 rings (SSSR count). The topological polar surface area (TPSA) is 50.3 Å². The predicted molar refractivity (Wildman–Crippen MR) is 175 cm³/mol. The highest BCUT2D eigenvalue weighted by molar-refractivity contribution is 7.99. The van der Waals surface area contributed by atoms with Crippen LogP contribution in [0.3, 0.4) is 0 Å². The molecule has 0 amide bonds. The summed E-state index contributed by atoms with van der Waals surface area (Å²) < 4.78 is 10.7. The Balaban J connectivity index is 1.37. The van der Waals surface area contributed by atoms with Crippen molar-refractivity contribution in [1.82, 2.24) is 18.8 Å². The molecule has 7 nitrogen and oxygen atoms in total. The average Bonchev–Trinajstić information content (AvgIpc) is 3.76. The monoisotopic (exact) mass is 586 g/mol. The van der Waals surface area contributed by atoms with E-state index in [0.717, 1.165) is 68.0 Å². The summed E-state index contributed by atoms with van der Waals surface area (Å²) >= 11 is 1.81. The zero-order valence-electron chi connectivity index (χ0n) is 23.2. The lowest BCUT2D eigenvalue weighted by molar-refractivity contribution is 0.477. The minimum Gasteiger partial charge on any atom is -0.453 e. The van der Waals surface area contributed by atoms with Crippen LogP contribution in [-0.4, -0.2) is 18.8 Å². The maximum atomic E-state index is 6.42. The number of para-hydroxylation sites is 6. The van der Waals surface area contributed by atoms with Gasteiger partial charge in [0.15, 0.2) is 22.8 Å². The predicted octanol–water partition coefficient (Wildman–Crippen LogP) is 9.65. The molecule has 2 aliphatic rings. The Labute approximate surface area is 256 Å². The summed E-state index contributed by atoms with van der Waals surface area (Å²) in [5.41, 5.74) is 9.94. The van der Waals surface area contributed by atoms with Gasteiger partial charge in [0.1, 0.15) is 0 Å². The molecule has 208 valence electrons. The first-order chi connectivity index (χ1) is 21.8. The highest BCUT2D eigenvalue weighted by Crippen LogP contribution is 2.55. The zero-order chi connectivity index (χ0) is 28.8. The van der Waals surface area contributed by atoms with Crippen LogP contribution in [0, 0.1) is 0 Å². The number of benzene rings is 5. The Morgan fingerprint density at radius 3 is 1.73 bits per heavy atom. The first kappa shape index (κ1) is 23.8. The SMILES string of the molecule is c1ccc2c(c1)Oc1ccccc1N2c1cc(N2c3ccccc3Sc3ccccc32)cc2c1n1ccnc1c1nccn21. The highest BCUT2D eigenvalue weighted by Gasteiger charge is 2.31. The van der Waals surface area contributed by atoms with Gasteiger partial charge in [0.2, 0.25) is 0 Å². The number of rotatable bonds is 2. The lowest BCUT2D eigenvalue weighted by atomic mass is 10.1. The van der Waals surface area contributed by atoms with E-state index >= 15 is 0 Å². The van der Waals surface area contributed by atoms with Crippen LogP contribution in [-0.2, 0) is 0 Å². The fourth-order valence-corrected chi connectivity index (χ4v) is 7.64. The molecule has 0 aliphatic carbocycles. The van der Waals surface area contributed by atoms with Gasteiger partial charge < -0.3 is 14.5 Å². The minimum absolute atomic E-state index is 0.802. The fraction of sp³-hybridized carbons (Fsp3) is 0. The maximum absolute atomic E-state index is 6.42. The smallest absolute Gasteiger partial charge is 0.181 e. The Morgan fingerprint density at radius 2 is 1.07 bits per heavy atom. The van der Waals surface area contributed by atoms with Crippen LogP contribution in [0.1, 0.15) is 0 Å². The van der Waals surface area contributed by atoms with Gasteiger partial charge in [-0.2, -0.15) is 0 Å². The van der Waals surface area contributed by atoms with Crippen LogP contribution in [0.15, 0.2) is 144 Å². The third-order valence-corrected chi connectivity index (χ3v) is 9.53. The van der Waals surface area contributed by atoms with Gasteiger partial charge in [0.25, 0.3) is 0 Å². The van der Waals surface area contributed by atoms with Gasteiger partial charge in [-0.15, -0.1) is 0 Å². The number of ether oxygens (including phenoxy) is 1. The molecule has 0 saturated heterocycles. The van der Waals surface area contributed by atoms with E-state index in [0.29, 0.717) is 0 Å². The Kier molecular flexibility index (Phi) is 4.81. The van der Waals surface area contributed by atoms with Gasteiger partial charge in [-0.05, 0) is 60.7 Å². The van der Waals surface area contributed by atoms with Crippen molar-refractivity contribution in [1.29, 1.82) is 0 Å². The third kappa shape index (κ3) is 3.23. The minimum atomic E-state index is 0.802. The second-order valence-electron chi connectivity index (χ2n) is 10.8. The highest BCUT2D eigenvalue weighted by atomic mass is 32.2. The average molecular weight is 587 g/mol. The Bertz CT molecular complexity index is 2360. The van der Waals surface area contributed by atoms with E-state index in [-0.39, 0.29) is 0 Å². The van der Waals surface area contributed by atoms with Crippen LogP contribution >= 0.6 is 11.8 Å². The van der Waals surface area contributed by atoms with Gasteiger partial charge in [0.05, 0.1) is 45.2 Å². The van der Waals surface area contributed by atoms with Crippen molar-refractivity contribution < 1.29 is 4.74 Å². The molecule has 0 N–H and O–H groups in total. The zero-order valence-corrected chi connectivity index (χ0v) is 24.0. The van der Waals surface area contributed by atoms with Crippen molar-refractivity contribution in [3.8, 4) is 11.5 Å². The molecule has 3 aromatic heterocycles. The molecule has 44 heavy (non-hydrogen) atoms. The normalized spacial score (nSPS) is 13.5. The number of nitrogens with zero attached hydrogens (tertiary/aromatic N) is 6. The second kappa shape index (κ2) is 8.89.